The first-order valence-electron chi connectivity index (χ1n) is 8.67. The smallest absolute Gasteiger partial charge is 0.303 e. The fourth-order valence-electron chi connectivity index (χ4n) is 2.28. The standard InChI is InChI=1S/C18H32O4/c1-2-3-4-8-11-16(19)14-15-17(20)12-9-6-5-7-10-13-18(21)22/h14-15,17,20H,2-13H2,1H3,(H,21,22)/b15-14+/t17-/m1/s1. The van der Waals surface area contributed by atoms with Crippen molar-refractivity contribution in [1.82, 2.24) is 0 Å². The molecule has 0 radical (unpaired) electrons. The number of hydrogen-bond acceptors (Lipinski definition) is 3. The van der Waals surface area contributed by atoms with E-state index in [0.717, 1.165) is 44.9 Å². The predicted molar refractivity (Wildman–Crippen MR) is 88.9 cm³/mol. The van der Waals surface area contributed by atoms with Crippen LogP contribution in [0.5, 0.6) is 0 Å². The normalized spacial score (nSPS) is 12.6. The van der Waals surface area contributed by atoms with Gasteiger partial charge < -0.3 is 10.2 Å². The minimum Gasteiger partial charge on any atom is -0.481 e. The molecular formula is C18H32O4. The number of aliphatic carboxylic acids is 1. The van der Waals surface area contributed by atoms with Crippen molar-refractivity contribution in [1.29, 1.82) is 0 Å². The molecule has 0 aliphatic rings. The molecule has 2 N–H and O–H groups in total. The zero-order valence-corrected chi connectivity index (χ0v) is 13.9. The Morgan fingerprint density at radius 2 is 1.50 bits per heavy atom. The van der Waals surface area contributed by atoms with E-state index in [1.54, 1.807) is 6.08 Å². The zero-order chi connectivity index (χ0) is 16.6. The molecule has 0 aliphatic heterocycles. The minimum atomic E-state index is -0.736. The third kappa shape index (κ3) is 15.2. The van der Waals surface area contributed by atoms with Gasteiger partial charge in [-0.2, -0.15) is 0 Å². The van der Waals surface area contributed by atoms with Crippen LogP contribution in [0.25, 0.3) is 0 Å². The van der Waals surface area contributed by atoms with Gasteiger partial charge in [-0.1, -0.05) is 57.9 Å². The maximum Gasteiger partial charge on any atom is 0.303 e. The van der Waals surface area contributed by atoms with E-state index in [9.17, 15) is 14.7 Å². The van der Waals surface area contributed by atoms with Crippen molar-refractivity contribution in [3.8, 4) is 0 Å². The molecule has 0 unspecified atom stereocenters. The largest absolute Gasteiger partial charge is 0.481 e. The lowest BCUT2D eigenvalue weighted by atomic mass is 10.1. The number of allylic oxidation sites excluding steroid dienone is 1. The highest BCUT2D eigenvalue weighted by atomic mass is 16.4. The molecule has 1 atom stereocenters. The highest BCUT2D eigenvalue weighted by molar-refractivity contribution is 5.89. The molecule has 0 heterocycles. The van der Waals surface area contributed by atoms with Crippen LogP contribution in [0.1, 0.15) is 84.0 Å². The van der Waals surface area contributed by atoms with E-state index in [1.165, 1.54) is 18.9 Å². The maximum atomic E-state index is 11.6. The number of carbonyl (C=O) groups excluding carboxylic acids is 1. The van der Waals surface area contributed by atoms with Crippen LogP contribution >= 0.6 is 0 Å². The van der Waals surface area contributed by atoms with Crippen molar-refractivity contribution < 1.29 is 19.8 Å². The first kappa shape index (κ1) is 20.8. The molecule has 0 fully saturated rings. The molecule has 4 nitrogen and oxygen atoms in total. The van der Waals surface area contributed by atoms with Gasteiger partial charge >= 0.3 is 5.97 Å². The van der Waals surface area contributed by atoms with Crippen LogP contribution in [-0.2, 0) is 9.59 Å². The number of hydrogen-bond donors (Lipinski definition) is 2. The van der Waals surface area contributed by atoms with Crippen LogP contribution in [-0.4, -0.2) is 28.1 Å². The summed E-state index contributed by atoms with van der Waals surface area (Å²) in [6, 6.07) is 0. The number of carboxylic acids is 1. The summed E-state index contributed by atoms with van der Waals surface area (Å²) in [4.78, 5) is 21.9. The van der Waals surface area contributed by atoms with Crippen molar-refractivity contribution in [3.63, 3.8) is 0 Å². The molecule has 22 heavy (non-hydrogen) atoms. The highest BCUT2D eigenvalue weighted by Gasteiger charge is 2.02. The number of ketones is 1. The molecule has 0 aliphatic carbocycles. The number of aliphatic hydroxyl groups excluding tert-OH is 1. The fraction of sp³-hybridized carbons (Fsp3) is 0.778. The van der Waals surface area contributed by atoms with Gasteiger partial charge in [-0.05, 0) is 25.3 Å². The third-order valence-electron chi connectivity index (χ3n) is 3.67. The van der Waals surface area contributed by atoms with E-state index in [1.807, 2.05) is 0 Å². The summed E-state index contributed by atoms with van der Waals surface area (Å²) in [6.07, 6.45) is 13.0. The maximum absolute atomic E-state index is 11.6. The second-order valence-corrected chi connectivity index (χ2v) is 5.90. The summed E-state index contributed by atoms with van der Waals surface area (Å²) < 4.78 is 0. The van der Waals surface area contributed by atoms with Crippen molar-refractivity contribution in [2.75, 3.05) is 0 Å². The molecule has 4 heteroatoms. The Hall–Kier alpha value is -1.16. The number of carbonyl (C=O) groups is 2. The van der Waals surface area contributed by atoms with E-state index in [4.69, 9.17) is 5.11 Å². The van der Waals surface area contributed by atoms with Crippen molar-refractivity contribution in [2.45, 2.75) is 90.1 Å². The molecule has 0 rings (SSSR count). The van der Waals surface area contributed by atoms with Gasteiger partial charge in [0, 0.05) is 12.8 Å². The molecule has 0 amide bonds. The SMILES string of the molecule is CCCCCCC(=O)/C=C/[C@H](O)CCCCCCCC(=O)O. The average Bonchev–Trinajstić information content (AvgIpc) is 2.48. The molecule has 0 aromatic carbocycles. The quantitative estimate of drug-likeness (QED) is 0.350. The van der Waals surface area contributed by atoms with Crippen molar-refractivity contribution in [3.05, 3.63) is 12.2 Å². The van der Waals surface area contributed by atoms with Gasteiger partial charge in [0.05, 0.1) is 6.10 Å². The first-order chi connectivity index (χ1) is 10.6. The summed E-state index contributed by atoms with van der Waals surface area (Å²) in [5.41, 5.74) is 0. The Labute approximate surface area is 134 Å². The molecule has 128 valence electrons. The van der Waals surface area contributed by atoms with Crippen molar-refractivity contribution >= 4 is 11.8 Å². The summed E-state index contributed by atoms with van der Waals surface area (Å²) in [6.45, 7) is 2.14. The van der Waals surface area contributed by atoms with E-state index in [2.05, 4.69) is 6.92 Å². The van der Waals surface area contributed by atoms with E-state index < -0.39 is 12.1 Å². The summed E-state index contributed by atoms with van der Waals surface area (Å²) in [5, 5.41) is 18.3. The van der Waals surface area contributed by atoms with E-state index in [-0.39, 0.29) is 12.2 Å². The van der Waals surface area contributed by atoms with Crippen LogP contribution in [0.3, 0.4) is 0 Å². The summed E-state index contributed by atoms with van der Waals surface area (Å²) in [5.74, 6) is -0.635. The Morgan fingerprint density at radius 3 is 2.18 bits per heavy atom. The highest BCUT2D eigenvalue weighted by Crippen LogP contribution is 2.10. The molecule has 0 aromatic rings. The van der Waals surface area contributed by atoms with E-state index >= 15 is 0 Å². The monoisotopic (exact) mass is 312 g/mol. The second kappa shape index (κ2) is 14.8. The number of rotatable bonds is 15. The van der Waals surface area contributed by atoms with Crippen LogP contribution in [0.4, 0.5) is 0 Å². The van der Waals surface area contributed by atoms with Gasteiger partial charge in [-0.15, -0.1) is 0 Å². The molecule has 0 bridgehead atoms. The topological polar surface area (TPSA) is 74.6 Å². The van der Waals surface area contributed by atoms with Gasteiger partial charge in [0.2, 0.25) is 0 Å². The molecule has 0 saturated heterocycles. The Bertz CT molecular complexity index is 323. The molecule has 0 spiro atoms. The number of carboxylic acid groups (broad SMARTS) is 1. The fourth-order valence-corrected chi connectivity index (χ4v) is 2.28. The number of unbranched alkanes of at least 4 members (excludes halogenated alkanes) is 7. The molecule has 0 aromatic heterocycles. The first-order valence-corrected chi connectivity index (χ1v) is 8.67. The lowest BCUT2D eigenvalue weighted by molar-refractivity contribution is -0.137. The van der Waals surface area contributed by atoms with Crippen LogP contribution in [0, 0.1) is 0 Å². The molecule has 0 saturated carbocycles. The Morgan fingerprint density at radius 1 is 0.909 bits per heavy atom. The van der Waals surface area contributed by atoms with Gasteiger partial charge in [0.15, 0.2) is 5.78 Å². The summed E-state index contributed by atoms with van der Waals surface area (Å²) in [7, 11) is 0. The zero-order valence-electron chi connectivity index (χ0n) is 13.9. The minimum absolute atomic E-state index is 0.101. The number of aliphatic hydroxyl groups is 1. The third-order valence-corrected chi connectivity index (χ3v) is 3.67. The lowest BCUT2D eigenvalue weighted by Crippen LogP contribution is -2.03. The van der Waals surface area contributed by atoms with Gasteiger partial charge in [-0.25, -0.2) is 0 Å². The van der Waals surface area contributed by atoms with Crippen molar-refractivity contribution in [2.24, 2.45) is 0 Å². The Kier molecular flexibility index (Phi) is 14.0. The van der Waals surface area contributed by atoms with Gasteiger partial charge in [0.1, 0.15) is 0 Å². The second-order valence-electron chi connectivity index (χ2n) is 5.90. The Balaban J connectivity index is 3.51. The average molecular weight is 312 g/mol. The lowest BCUT2D eigenvalue weighted by Gasteiger charge is -2.05. The molecular weight excluding hydrogens is 280 g/mol. The van der Waals surface area contributed by atoms with E-state index in [0.29, 0.717) is 12.8 Å². The van der Waals surface area contributed by atoms with Crippen LogP contribution < -0.4 is 0 Å². The van der Waals surface area contributed by atoms with Gasteiger partial charge in [0.25, 0.3) is 0 Å². The predicted octanol–water partition coefficient (Wildman–Crippen LogP) is 4.26. The van der Waals surface area contributed by atoms with Crippen LogP contribution in [0.2, 0.25) is 0 Å². The van der Waals surface area contributed by atoms with Gasteiger partial charge in [-0.3, -0.25) is 9.59 Å². The van der Waals surface area contributed by atoms with Crippen LogP contribution in [0.15, 0.2) is 12.2 Å². The summed E-state index contributed by atoms with van der Waals surface area (Å²) >= 11 is 0.